The fraction of sp³-hybridized carbons (Fsp3) is 0.0870. The molecule has 0 fully saturated rings. The molecule has 0 radical (unpaired) electrons. The van der Waals surface area contributed by atoms with E-state index in [9.17, 15) is 19.3 Å². The number of halogens is 1. The lowest BCUT2D eigenvalue weighted by atomic mass is 10.1. The number of carbonyl (C=O) groups is 1. The maximum atomic E-state index is 13.1. The average molecular weight is 421 g/mol. The summed E-state index contributed by atoms with van der Waals surface area (Å²) < 4.78 is 17.9. The van der Waals surface area contributed by atoms with Gasteiger partial charge in [0.2, 0.25) is 0 Å². The molecule has 0 aliphatic heterocycles. The number of thioether (sulfide) groups is 1. The van der Waals surface area contributed by atoms with E-state index in [0.717, 1.165) is 10.5 Å². The van der Waals surface area contributed by atoms with Gasteiger partial charge in [0, 0.05) is 33.9 Å². The molecule has 0 amide bonds. The van der Waals surface area contributed by atoms with Gasteiger partial charge in [0.15, 0.2) is 0 Å². The predicted molar refractivity (Wildman–Crippen MR) is 113 cm³/mol. The highest BCUT2D eigenvalue weighted by atomic mass is 32.2. The normalized spacial score (nSPS) is 10.1. The van der Waals surface area contributed by atoms with Gasteiger partial charge in [-0.1, -0.05) is 24.0 Å². The summed E-state index contributed by atoms with van der Waals surface area (Å²) in [7, 11) is 1.30. The van der Waals surface area contributed by atoms with E-state index in [1.165, 1.54) is 43.1 Å². The summed E-state index contributed by atoms with van der Waals surface area (Å²) in [5, 5.41) is 11.0. The van der Waals surface area contributed by atoms with Crippen molar-refractivity contribution >= 4 is 23.4 Å². The van der Waals surface area contributed by atoms with E-state index in [0.29, 0.717) is 22.4 Å². The van der Waals surface area contributed by atoms with E-state index in [1.54, 1.807) is 36.4 Å². The van der Waals surface area contributed by atoms with Crippen molar-refractivity contribution in [2.75, 3.05) is 7.11 Å². The molecule has 0 saturated heterocycles. The van der Waals surface area contributed by atoms with Gasteiger partial charge in [-0.25, -0.2) is 9.18 Å². The zero-order valence-electron chi connectivity index (χ0n) is 15.9. The minimum absolute atomic E-state index is 0.0328. The molecule has 0 aromatic heterocycles. The summed E-state index contributed by atoms with van der Waals surface area (Å²) >= 11 is 1.45. The van der Waals surface area contributed by atoms with Crippen molar-refractivity contribution in [1.82, 2.24) is 0 Å². The monoisotopic (exact) mass is 421 g/mol. The van der Waals surface area contributed by atoms with E-state index < -0.39 is 10.9 Å². The molecule has 0 spiro atoms. The summed E-state index contributed by atoms with van der Waals surface area (Å²) in [5.74, 6) is 5.66. The first kappa shape index (κ1) is 21.1. The molecule has 0 N–H and O–H groups in total. The zero-order chi connectivity index (χ0) is 21.5. The summed E-state index contributed by atoms with van der Waals surface area (Å²) in [6, 6.07) is 17.3. The van der Waals surface area contributed by atoms with Gasteiger partial charge in [0.05, 0.1) is 17.6 Å². The number of nitro benzene ring substituents is 1. The summed E-state index contributed by atoms with van der Waals surface area (Å²) in [6.45, 7) is 0. The summed E-state index contributed by atoms with van der Waals surface area (Å²) in [4.78, 5) is 23.2. The number of nitrogens with zero attached hydrogens (tertiary/aromatic N) is 1. The van der Waals surface area contributed by atoms with Crippen LogP contribution in [0.15, 0.2) is 71.6 Å². The van der Waals surface area contributed by atoms with Crippen LogP contribution in [0.1, 0.15) is 27.0 Å². The van der Waals surface area contributed by atoms with Crippen LogP contribution in [0.2, 0.25) is 0 Å². The summed E-state index contributed by atoms with van der Waals surface area (Å²) in [6.07, 6.45) is 0. The Balaban J connectivity index is 1.89. The number of nitro groups is 1. The van der Waals surface area contributed by atoms with Crippen molar-refractivity contribution in [2.24, 2.45) is 0 Å². The minimum atomic E-state index is -0.477. The second kappa shape index (κ2) is 9.72. The Labute approximate surface area is 177 Å². The average Bonchev–Trinajstić information content (AvgIpc) is 2.77. The maximum absolute atomic E-state index is 13.1. The first-order valence-corrected chi connectivity index (χ1v) is 9.81. The Kier molecular flexibility index (Phi) is 6.83. The van der Waals surface area contributed by atoms with Crippen LogP contribution >= 0.6 is 11.8 Å². The van der Waals surface area contributed by atoms with Crippen LogP contribution in [0.4, 0.5) is 10.1 Å². The van der Waals surface area contributed by atoms with E-state index in [1.807, 2.05) is 6.07 Å². The number of hydrogen-bond acceptors (Lipinski definition) is 5. The second-order valence-corrected chi connectivity index (χ2v) is 7.19. The Morgan fingerprint density at radius 3 is 2.57 bits per heavy atom. The van der Waals surface area contributed by atoms with Crippen molar-refractivity contribution in [1.29, 1.82) is 0 Å². The van der Waals surface area contributed by atoms with E-state index in [4.69, 9.17) is 4.74 Å². The van der Waals surface area contributed by atoms with Gasteiger partial charge in [-0.2, -0.15) is 0 Å². The van der Waals surface area contributed by atoms with Crippen LogP contribution in [-0.4, -0.2) is 18.0 Å². The van der Waals surface area contributed by atoms with Gasteiger partial charge in [0.25, 0.3) is 5.69 Å². The van der Waals surface area contributed by atoms with Gasteiger partial charge in [-0.3, -0.25) is 10.1 Å². The van der Waals surface area contributed by atoms with Gasteiger partial charge >= 0.3 is 5.97 Å². The molecule has 150 valence electrons. The number of ether oxygens (including phenoxy) is 1. The number of methoxy groups -OCH3 is 1. The van der Waals surface area contributed by atoms with Crippen LogP contribution in [0.3, 0.4) is 0 Å². The van der Waals surface area contributed by atoms with Gasteiger partial charge in [-0.15, -0.1) is 11.8 Å². The van der Waals surface area contributed by atoms with Crippen molar-refractivity contribution in [2.45, 2.75) is 10.6 Å². The molecule has 0 heterocycles. The van der Waals surface area contributed by atoms with E-state index >= 15 is 0 Å². The highest BCUT2D eigenvalue weighted by Gasteiger charge is 2.11. The fourth-order valence-electron chi connectivity index (χ4n) is 2.59. The number of non-ortho nitro benzene ring substituents is 1. The Morgan fingerprint density at radius 1 is 1.10 bits per heavy atom. The quantitative estimate of drug-likeness (QED) is 0.186. The molecule has 0 atom stereocenters. The molecule has 3 rings (SSSR count). The van der Waals surface area contributed by atoms with Crippen LogP contribution in [0.25, 0.3) is 0 Å². The third-order valence-corrected chi connectivity index (χ3v) is 5.25. The highest BCUT2D eigenvalue weighted by Crippen LogP contribution is 2.28. The van der Waals surface area contributed by atoms with E-state index in [-0.39, 0.29) is 11.5 Å². The van der Waals surface area contributed by atoms with Gasteiger partial charge < -0.3 is 4.74 Å². The molecular formula is C23H16FNO4S. The molecule has 3 aromatic rings. The first-order valence-electron chi connectivity index (χ1n) is 8.82. The Hall–Kier alpha value is -3.63. The molecule has 5 nitrogen and oxygen atoms in total. The molecule has 0 unspecified atom stereocenters. The first-order chi connectivity index (χ1) is 14.5. The largest absolute Gasteiger partial charge is 0.465 e. The molecule has 7 heteroatoms. The van der Waals surface area contributed by atoms with E-state index in [2.05, 4.69) is 11.8 Å². The number of hydrogen-bond donors (Lipinski definition) is 0. The molecular weight excluding hydrogens is 405 g/mol. The number of benzene rings is 3. The van der Waals surface area contributed by atoms with Crippen molar-refractivity contribution in [3.63, 3.8) is 0 Å². The second-order valence-electron chi connectivity index (χ2n) is 6.18. The van der Waals surface area contributed by atoms with Gasteiger partial charge in [-0.05, 0) is 48.0 Å². The van der Waals surface area contributed by atoms with Crippen LogP contribution < -0.4 is 0 Å². The maximum Gasteiger partial charge on any atom is 0.337 e. The lowest BCUT2D eigenvalue weighted by Gasteiger charge is -2.07. The lowest BCUT2D eigenvalue weighted by Crippen LogP contribution is -2.01. The SMILES string of the molecule is COC(=O)c1ccc(SCc2cccc([N+](=O)[O-])c2)c(C#Cc2ccc(F)cc2)c1. The van der Waals surface area contributed by atoms with Gasteiger partial charge in [0.1, 0.15) is 5.82 Å². The number of rotatable bonds is 5. The van der Waals surface area contributed by atoms with Crippen LogP contribution in [0, 0.1) is 27.8 Å². The van der Waals surface area contributed by atoms with Crippen LogP contribution in [-0.2, 0) is 10.5 Å². The molecule has 0 saturated carbocycles. The highest BCUT2D eigenvalue weighted by molar-refractivity contribution is 7.98. The third kappa shape index (κ3) is 5.46. The molecule has 0 aliphatic rings. The number of esters is 1. The van der Waals surface area contributed by atoms with Crippen molar-refractivity contribution < 1.29 is 18.8 Å². The van der Waals surface area contributed by atoms with Crippen molar-refractivity contribution in [3.05, 3.63) is 105 Å². The smallest absolute Gasteiger partial charge is 0.337 e. The topological polar surface area (TPSA) is 69.4 Å². The fourth-order valence-corrected chi connectivity index (χ4v) is 3.52. The molecule has 0 bridgehead atoms. The molecule has 30 heavy (non-hydrogen) atoms. The lowest BCUT2D eigenvalue weighted by molar-refractivity contribution is -0.384. The standard InChI is InChI=1S/C23H16FNO4S/c1-29-23(26)19-9-12-22(30-15-17-3-2-4-21(13-17)25(27)28)18(14-19)8-5-16-6-10-20(24)11-7-16/h2-4,6-7,9-14H,15H2,1H3. The Bertz CT molecular complexity index is 1150. The third-order valence-electron chi connectivity index (χ3n) is 4.10. The predicted octanol–water partition coefficient (Wildman–Crippen LogP) is 5.21. The molecule has 3 aromatic carbocycles. The Morgan fingerprint density at radius 2 is 1.87 bits per heavy atom. The molecule has 0 aliphatic carbocycles. The summed E-state index contributed by atoms with van der Waals surface area (Å²) in [5.41, 5.74) is 2.43. The minimum Gasteiger partial charge on any atom is -0.465 e. The van der Waals surface area contributed by atoms with Crippen LogP contribution in [0.5, 0.6) is 0 Å². The number of carbonyl (C=O) groups excluding carboxylic acids is 1. The zero-order valence-corrected chi connectivity index (χ0v) is 16.7. The van der Waals surface area contributed by atoms with Crippen molar-refractivity contribution in [3.8, 4) is 11.8 Å².